The topological polar surface area (TPSA) is 137 Å². The molecule has 5 aromatic rings. The number of anilines is 1. The molecule has 4 aromatic carbocycles. The number of fused-ring (bicyclic) bond motifs is 4. The van der Waals surface area contributed by atoms with Gasteiger partial charge in [0, 0.05) is 10.9 Å². The van der Waals surface area contributed by atoms with Crippen LogP contribution in [0.5, 0.6) is 17.2 Å². The lowest BCUT2D eigenvalue weighted by Gasteiger charge is -2.49. The molecule has 52 heavy (non-hydrogen) atoms. The first kappa shape index (κ1) is 33.1. The monoisotopic (exact) mass is 723 g/mol. The second kappa shape index (κ2) is 12.3. The van der Waals surface area contributed by atoms with Gasteiger partial charge in [-0.2, -0.15) is 5.01 Å². The Labute approximate surface area is 300 Å². The number of aromatic hydroxyl groups is 1. The van der Waals surface area contributed by atoms with Gasteiger partial charge in [0.15, 0.2) is 11.5 Å². The van der Waals surface area contributed by atoms with Crippen molar-refractivity contribution >= 4 is 29.1 Å². The number of phenolic OH excluding ortho intramolecular Hbond substituents is 1. The largest absolute Gasteiger partial charge is 0.502 e. The van der Waals surface area contributed by atoms with Crippen molar-refractivity contribution in [3.63, 3.8) is 0 Å². The maximum absolute atomic E-state index is 15.3. The molecule has 14 heteroatoms. The predicted molar refractivity (Wildman–Crippen MR) is 188 cm³/mol. The maximum atomic E-state index is 15.3. The third-order valence-corrected chi connectivity index (χ3v) is 10.6. The molecule has 0 spiro atoms. The number of halogens is 2. The van der Waals surface area contributed by atoms with Crippen molar-refractivity contribution in [2.75, 3.05) is 19.6 Å². The normalized spacial score (nSPS) is 22.0. The second-order valence-electron chi connectivity index (χ2n) is 12.9. The number of hydrogen-bond donors (Lipinski definition) is 2. The van der Waals surface area contributed by atoms with Crippen LogP contribution in [0.1, 0.15) is 29.5 Å². The number of benzene rings is 4. The smallest absolute Gasteiger partial charge is 0.352 e. The zero-order valence-corrected chi connectivity index (χ0v) is 28.6. The number of carbonyl (C=O) groups is 2. The number of allylic oxidation sites excluding steroid dienone is 2. The fraction of sp³-hybridized carbons (Fsp3) is 0.211. The van der Waals surface area contributed by atoms with E-state index in [1.807, 2.05) is 6.08 Å². The molecule has 1 aliphatic carbocycles. The Bertz CT molecular complexity index is 2380. The number of para-hydroxylation sites is 1. The Kier molecular flexibility index (Phi) is 7.83. The molecular weight excluding hydrogens is 693 g/mol. The molecule has 1 saturated heterocycles. The molecule has 12 nitrogen and oxygen atoms in total. The van der Waals surface area contributed by atoms with Gasteiger partial charge in [0.1, 0.15) is 5.82 Å². The number of ether oxygens (including phenoxy) is 2. The predicted octanol–water partition coefficient (Wildman–Crippen LogP) is 4.93. The first-order valence-electron chi connectivity index (χ1n) is 16.4. The lowest BCUT2D eigenvalue weighted by molar-refractivity contribution is -0.138. The Morgan fingerprint density at radius 2 is 1.54 bits per heavy atom. The first-order valence-corrected chi connectivity index (χ1v) is 16.8. The molecule has 3 aliphatic rings. The molecule has 0 unspecified atom stereocenters. The zero-order valence-electron chi connectivity index (χ0n) is 27.8. The average Bonchev–Trinajstić information content (AvgIpc) is 3.54. The van der Waals surface area contributed by atoms with Crippen LogP contribution in [0.15, 0.2) is 112 Å². The minimum absolute atomic E-state index is 0.0103. The Morgan fingerprint density at radius 3 is 2.17 bits per heavy atom. The summed E-state index contributed by atoms with van der Waals surface area (Å²) in [5.74, 6) is -3.96. The highest BCUT2D eigenvalue weighted by Crippen LogP contribution is 2.62. The summed E-state index contributed by atoms with van der Waals surface area (Å²) in [6.07, 6.45) is 1.78. The molecule has 2 fully saturated rings. The van der Waals surface area contributed by atoms with Gasteiger partial charge in [-0.3, -0.25) is 15.0 Å². The molecule has 3 heterocycles. The SMILES string of the molecule is COc1cc([C@H]2C3=CCn4c(=O)n(-c5ccccc5)c(=O)n4[C@@H]3C[C@H]3C(=O)N(Nc4ccc(F)cc4)C(=O)[C@@]23c2ccc(Cl)cc2)cc(OC)c1O. The molecule has 1 saturated carbocycles. The van der Waals surface area contributed by atoms with Crippen LogP contribution in [-0.2, 0) is 21.5 Å². The van der Waals surface area contributed by atoms with E-state index in [2.05, 4.69) is 5.43 Å². The fourth-order valence-corrected chi connectivity index (χ4v) is 8.30. The van der Waals surface area contributed by atoms with E-state index in [-0.39, 0.29) is 30.2 Å². The number of methoxy groups -OCH3 is 2. The first-order chi connectivity index (χ1) is 25.1. The van der Waals surface area contributed by atoms with Crippen LogP contribution in [0.4, 0.5) is 10.1 Å². The highest BCUT2D eigenvalue weighted by molar-refractivity contribution is 6.30. The Balaban J connectivity index is 1.41. The summed E-state index contributed by atoms with van der Waals surface area (Å²) >= 11 is 6.36. The summed E-state index contributed by atoms with van der Waals surface area (Å²) in [7, 11) is 2.76. The molecule has 1 aromatic heterocycles. The molecule has 4 atom stereocenters. The van der Waals surface area contributed by atoms with Crippen molar-refractivity contribution in [1.82, 2.24) is 18.9 Å². The van der Waals surface area contributed by atoms with Crippen molar-refractivity contribution in [2.24, 2.45) is 5.92 Å². The van der Waals surface area contributed by atoms with Gasteiger partial charge >= 0.3 is 11.4 Å². The molecule has 2 aliphatic heterocycles. The molecule has 0 radical (unpaired) electrons. The molecular formula is C38H31ClFN5O7. The molecule has 2 amide bonds. The maximum Gasteiger partial charge on any atom is 0.352 e. The molecule has 0 bridgehead atoms. The van der Waals surface area contributed by atoms with E-state index in [0.29, 0.717) is 33.1 Å². The summed E-state index contributed by atoms with van der Waals surface area (Å²) in [4.78, 5) is 58.2. The van der Waals surface area contributed by atoms with Crippen molar-refractivity contribution in [3.8, 4) is 22.9 Å². The highest BCUT2D eigenvalue weighted by Gasteiger charge is 2.69. The van der Waals surface area contributed by atoms with E-state index >= 15 is 4.79 Å². The van der Waals surface area contributed by atoms with E-state index in [4.69, 9.17) is 21.1 Å². The van der Waals surface area contributed by atoms with Gasteiger partial charge in [0.05, 0.1) is 49.5 Å². The number of rotatable bonds is 7. The number of phenols is 1. The van der Waals surface area contributed by atoms with Gasteiger partial charge in [0.2, 0.25) is 5.75 Å². The standard InChI is InChI=1S/C38H31ClFN5O7/c1-51-30-18-21(19-31(52-2)33(30)46)32-27-16-17-42-36(49)43(26-6-4-3-5-7-26)37(50)45(42)29(27)20-28-34(47)44(41-25-14-12-24(40)13-15-25)35(48)38(28,32)22-8-10-23(39)11-9-22/h3-16,18-19,28-29,32,41,46H,17,20H2,1-2H3/t28-,29+,32-,38+/m0/s1. The number of carbonyl (C=O) groups excluding carboxylic acids is 2. The number of hydrazine groups is 1. The second-order valence-corrected chi connectivity index (χ2v) is 13.3. The van der Waals surface area contributed by atoms with E-state index in [1.165, 1.54) is 47.8 Å². The average molecular weight is 724 g/mol. The van der Waals surface area contributed by atoms with Crippen LogP contribution in [0.3, 0.4) is 0 Å². The number of hydrogen-bond acceptors (Lipinski definition) is 8. The summed E-state index contributed by atoms with van der Waals surface area (Å²) in [5.41, 5.74) is 2.27. The van der Waals surface area contributed by atoms with Crippen LogP contribution in [-0.4, -0.2) is 50.1 Å². The number of imide groups is 1. The number of amides is 2. The van der Waals surface area contributed by atoms with Gasteiger partial charge in [-0.05, 0) is 83.8 Å². The molecule has 8 rings (SSSR count). The van der Waals surface area contributed by atoms with Crippen molar-refractivity contribution in [1.29, 1.82) is 0 Å². The van der Waals surface area contributed by atoms with Gasteiger partial charge < -0.3 is 14.6 Å². The van der Waals surface area contributed by atoms with E-state index in [1.54, 1.807) is 66.7 Å². The highest BCUT2D eigenvalue weighted by atomic mass is 35.5. The Hall–Kier alpha value is -6.08. The Morgan fingerprint density at radius 1 is 0.885 bits per heavy atom. The summed E-state index contributed by atoms with van der Waals surface area (Å²) in [6, 6.07) is 22.7. The molecule has 264 valence electrons. The van der Waals surface area contributed by atoms with Gasteiger partial charge in [-0.25, -0.2) is 27.9 Å². The van der Waals surface area contributed by atoms with Crippen molar-refractivity contribution < 1.29 is 28.6 Å². The third kappa shape index (κ3) is 4.72. The van der Waals surface area contributed by atoms with Crippen molar-refractivity contribution in [2.45, 2.75) is 30.3 Å². The summed E-state index contributed by atoms with van der Waals surface area (Å²) in [6.45, 7) is -0.0103. The van der Waals surface area contributed by atoms with Crippen LogP contribution in [0.25, 0.3) is 5.69 Å². The number of aromatic nitrogens is 3. The van der Waals surface area contributed by atoms with Gasteiger partial charge in [-0.15, -0.1) is 0 Å². The van der Waals surface area contributed by atoms with E-state index in [0.717, 1.165) is 9.58 Å². The molecule has 2 N–H and O–H groups in total. The van der Waals surface area contributed by atoms with Gasteiger partial charge in [0.25, 0.3) is 11.8 Å². The number of nitrogens with zero attached hydrogens (tertiary/aromatic N) is 4. The lowest BCUT2D eigenvalue weighted by Crippen LogP contribution is -2.53. The van der Waals surface area contributed by atoms with Crippen LogP contribution >= 0.6 is 11.6 Å². The minimum Gasteiger partial charge on any atom is -0.502 e. The van der Waals surface area contributed by atoms with Crippen LogP contribution < -0.4 is 26.3 Å². The number of nitrogens with one attached hydrogen (secondary N) is 1. The zero-order chi connectivity index (χ0) is 36.5. The van der Waals surface area contributed by atoms with E-state index < -0.39 is 52.3 Å². The fourth-order valence-electron chi connectivity index (χ4n) is 8.17. The summed E-state index contributed by atoms with van der Waals surface area (Å²) in [5, 5.41) is 12.3. The summed E-state index contributed by atoms with van der Waals surface area (Å²) < 4.78 is 28.8. The third-order valence-electron chi connectivity index (χ3n) is 10.4. The van der Waals surface area contributed by atoms with E-state index in [9.17, 15) is 23.9 Å². The van der Waals surface area contributed by atoms with Gasteiger partial charge in [-0.1, -0.05) is 48.0 Å². The quantitative estimate of drug-likeness (QED) is 0.178. The van der Waals surface area contributed by atoms with Crippen LogP contribution in [0.2, 0.25) is 5.02 Å². The lowest BCUT2D eigenvalue weighted by atomic mass is 9.53. The van der Waals surface area contributed by atoms with Crippen molar-refractivity contribution in [3.05, 3.63) is 146 Å². The minimum atomic E-state index is -1.65. The van der Waals surface area contributed by atoms with Crippen LogP contribution in [0, 0.1) is 11.7 Å².